The summed E-state index contributed by atoms with van der Waals surface area (Å²) in [7, 11) is 0. The number of ether oxygens (including phenoxy) is 5. The van der Waals surface area contributed by atoms with Crippen LogP contribution in [0.3, 0.4) is 0 Å². The Balaban J connectivity index is 3.41. The largest absolute Gasteiger partial charge is 0.489 e. The zero-order valence-corrected chi connectivity index (χ0v) is 17.1. The minimum Gasteiger partial charge on any atom is -0.489 e. The first kappa shape index (κ1) is 22.3. The van der Waals surface area contributed by atoms with Gasteiger partial charge in [0, 0.05) is 0 Å². The molecule has 0 saturated heterocycles. The molecule has 0 fully saturated rings. The van der Waals surface area contributed by atoms with Gasteiger partial charge in [0.15, 0.2) is 11.5 Å². The van der Waals surface area contributed by atoms with E-state index in [0.717, 1.165) is 32.1 Å². The van der Waals surface area contributed by atoms with E-state index in [2.05, 4.69) is 40.7 Å². The van der Waals surface area contributed by atoms with Crippen LogP contribution in [0.15, 0.2) is 0 Å². The average molecular weight is 368 g/mol. The van der Waals surface area contributed by atoms with E-state index in [-0.39, 0.29) is 0 Å². The molecule has 149 valence electrons. The summed E-state index contributed by atoms with van der Waals surface area (Å²) in [5, 5.41) is 0. The second-order valence-electron chi connectivity index (χ2n) is 6.01. The highest BCUT2D eigenvalue weighted by atomic mass is 16.6. The van der Waals surface area contributed by atoms with E-state index < -0.39 is 0 Å². The van der Waals surface area contributed by atoms with Gasteiger partial charge in [-0.1, -0.05) is 34.6 Å². The minimum atomic E-state index is 0.529. The molecule has 0 aromatic heterocycles. The van der Waals surface area contributed by atoms with E-state index in [0.29, 0.717) is 61.8 Å². The zero-order valence-electron chi connectivity index (χ0n) is 17.1. The van der Waals surface area contributed by atoms with E-state index in [4.69, 9.17) is 23.7 Å². The predicted octanol–water partition coefficient (Wildman–Crippen LogP) is 5.43. The summed E-state index contributed by atoms with van der Waals surface area (Å²) < 4.78 is 29.7. The lowest BCUT2D eigenvalue weighted by molar-refractivity contribution is 0.214. The van der Waals surface area contributed by atoms with Gasteiger partial charge in [-0.25, -0.2) is 0 Å². The van der Waals surface area contributed by atoms with E-state index in [9.17, 15) is 0 Å². The summed E-state index contributed by atoms with van der Waals surface area (Å²) in [6, 6.07) is 3.21. The molecule has 0 amide bonds. The molecule has 5 nitrogen and oxygen atoms in total. The fraction of sp³-hybridized carbons (Fsp3) is 0.714. The maximum Gasteiger partial charge on any atom is 0.211 e. The lowest BCUT2D eigenvalue weighted by Gasteiger charge is -2.22. The number of hydrogen-bond donors (Lipinski definition) is 0. The molecular formula is C21H35O5. The van der Waals surface area contributed by atoms with Gasteiger partial charge in [0.05, 0.1) is 39.1 Å². The third kappa shape index (κ3) is 6.85. The highest BCUT2D eigenvalue weighted by molar-refractivity contribution is 5.65. The first-order chi connectivity index (χ1) is 12.7. The van der Waals surface area contributed by atoms with E-state index in [1.165, 1.54) is 0 Å². The predicted molar refractivity (Wildman–Crippen MR) is 104 cm³/mol. The summed E-state index contributed by atoms with van der Waals surface area (Å²) in [6.07, 6.45) is 4.45. The first-order valence-corrected chi connectivity index (χ1v) is 10.00. The van der Waals surface area contributed by atoms with Crippen molar-refractivity contribution in [1.82, 2.24) is 0 Å². The number of rotatable bonds is 15. The summed E-state index contributed by atoms with van der Waals surface area (Å²) in [5.74, 6) is 2.74. The maximum atomic E-state index is 6.02. The molecule has 0 N–H and O–H groups in total. The Bertz CT molecular complexity index is 463. The van der Waals surface area contributed by atoms with Crippen molar-refractivity contribution in [3.63, 3.8) is 0 Å². The topological polar surface area (TPSA) is 46.2 Å². The Morgan fingerprint density at radius 2 is 0.769 bits per heavy atom. The van der Waals surface area contributed by atoms with E-state index in [1.54, 1.807) is 0 Å². The normalized spacial score (nSPS) is 10.5. The molecule has 5 heteroatoms. The number of hydrogen-bond acceptors (Lipinski definition) is 5. The van der Waals surface area contributed by atoms with Crippen LogP contribution in [-0.4, -0.2) is 33.0 Å². The lowest BCUT2D eigenvalue weighted by atomic mass is 10.2. The molecule has 0 aliphatic carbocycles. The van der Waals surface area contributed by atoms with Crippen molar-refractivity contribution >= 4 is 0 Å². The molecule has 0 spiro atoms. The molecule has 0 aliphatic rings. The second kappa shape index (κ2) is 13.4. The Morgan fingerprint density at radius 1 is 0.462 bits per heavy atom. The molecule has 1 rings (SSSR count). The van der Waals surface area contributed by atoms with Crippen LogP contribution < -0.4 is 23.7 Å². The summed E-state index contributed by atoms with van der Waals surface area (Å²) in [6.45, 7) is 13.2. The molecule has 1 aromatic carbocycles. The van der Waals surface area contributed by atoms with Crippen LogP contribution in [0.1, 0.15) is 66.7 Å². The fourth-order valence-electron chi connectivity index (χ4n) is 2.14. The van der Waals surface area contributed by atoms with Gasteiger partial charge in [-0.05, 0) is 32.1 Å². The monoisotopic (exact) mass is 367 g/mol. The van der Waals surface area contributed by atoms with Gasteiger partial charge in [0.1, 0.15) is 0 Å². The molecule has 0 bridgehead atoms. The summed E-state index contributed by atoms with van der Waals surface area (Å²) in [5.41, 5.74) is 0. The van der Waals surface area contributed by atoms with Crippen molar-refractivity contribution < 1.29 is 23.7 Å². The van der Waals surface area contributed by atoms with Gasteiger partial charge >= 0.3 is 0 Å². The molecule has 1 radical (unpaired) electrons. The van der Waals surface area contributed by atoms with E-state index in [1.807, 2.05) is 0 Å². The SMILES string of the molecule is CCCOc1[c]c(OCCC)c(OCCC)c(OCCC)c1OCCC. The summed E-state index contributed by atoms with van der Waals surface area (Å²) >= 11 is 0. The van der Waals surface area contributed by atoms with Crippen LogP contribution in [0.2, 0.25) is 0 Å². The Kier molecular flexibility index (Phi) is 11.5. The standard InChI is InChI=1S/C21H35O5/c1-6-11-22-17-16-18(23-12-7-2)20(25-14-9-4)21(26-15-10-5)19(17)24-13-8-3/h6-15H2,1-5H3. The molecule has 0 heterocycles. The fourth-order valence-corrected chi connectivity index (χ4v) is 2.14. The molecule has 0 unspecified atom stereocenters. The van der Waals surface area contributed by atoms with Crippen LogP contribution in [0.25, 0.3) is 0 Å². The van der Waals surface area contributed by atoms with Crippen LogP contribution in [0.5, 0.6) is 28.7 Å². The van der Waals surface area contributed by atoms with E-state index >= 15 is 0 Å². The van der Waals surface area contributed by atoms with Gasteiger partial charge < -0.3 is 23.7 Å². The van der Waals surface area contributed by atoms with Gasteiger partial charge in [0.2, 0.25) is 17.2 Å². The Labute approximate surface area is 158 Å². The van der Waals surface area contributed by atoms with Gasteiger partial charge in [-0.15, -0.1) is 0 Å². The van der Waals surface area contributed by atoms with Crippen LogP contribution in [0.4, 0.5) is 0 Å². The first-order valence-electron chi connectivity index (χ1n) is 10.00. The van der Waals surface area contributed by atoms with Crippen LogP contribution in [0, 0.1) is 6.07 Å². The molecular weight excluding hydrogens is 332 g/mol. The highest BCUT2D eigenvalue weighted by Gasteiger charge is 2.25. The van der Waals surface area contributed by atoms with Crippen molar-refractivity contribution in [3.05, 3.63) is 6.07 Å². The number of benzene rings is 1. The lowest BCUT2D eigenvalue weighted by Crippen LogP contribution is -2.09. The Hall–Kier alpha value is -1.78. The third-order valence-corrected chi connectivity index (χ3v) is 3.30. The molecule has 1 aromatic rings. The van der Waals surface area contributed by atoms with Crippen molar-refractivity contribution in [2.45, 2.75) is 66.7 Å². The third-order valence-electron chi connectivity index (χ3n) is 3.30. The van der Waals surface area contributed by atoms with Gasteiger partial charge in [-0.2, -0.15) is 0 Å². The maximum absolute atomic E-state index is 6.02. The van der Waals surface area contributed by atoms with Crippen LogP contribution >= 0.6 is 0 Å². The van der Waals surface area contributed by atoms with Crippen molar-refractivity contribution in [2.75, 3.05) is 33.0 Å². The Morgan fingerprint density at radius 3 is 1.12 bits per heavy atom. The zero-order chi connectivity index (χ0) is 19.2. The average Bonchev–Trinajstić information content (AvgIpc) is 2.66. The van der Waals surface area contributed by atoms with Crippen LogP contribution in [-0.2, 0) is 0 Å². The quantitative estimate of drug-likeness (QED) is 0.413. The molecule has 26 heavy (non-hydrogen) atoms. The van der Waals surface area contributed by atoms with Gasteiger partial charge in [0.25, 0.3) is 0 Å². The molecule has 0 aliphatic heterocycles. The molecule has 0 atom stereocenters. The van der Waals surface area contributed by atoms with Crippen molar-refractivity contribution in [2.24, 2.45) is 0 Å². The second-order valence-corrected chi connectivity index (χ2v) is 6.01. The van der Waals surface area contributed by atoms with Crippen molar-refractivity contribution in [3.8, 4) is 28.7 Å². The van der Waals surface area contributed by atoms with Crippen molar-refractivity contribution in [1.29, 1.82) is 0 Å². The molecule has 0 saturated carbocycles. The highest BCUT2D eigenvalue weighted by Crippen LogP contribution is 2.50. The van der Waals surface area contributed by atoms with Gasteiger partial charge in [-0.3, -0.25) is 0 Å². The minimum absolute atomic E-state index is 0.529. The summed E-state index contributed by atoms with van der Waals surface area (Å²) in [4.78, 5) is 0. The smallest absolute Gasteiger partial charge is 0.211 e.